The number of methoxy groups -OCH3 is 1. The molecule has 3 nitrogen and oxygen atoms in total. The molecule has 0 bridgehead atoms. The van der Waals surface area contributed by atoms with E-state index >= 15 is 0 Å². The quantitative estimate of drug-likeness (QED) is 0.902. The monoisotopic (exact) mass is 257 g/mol. The molecule has 1 heterocycles. The summed E-state index contributed by atoms with van der Waals surface area (Å²) in [4.78, 5) is 0. The summed E-state index contributed by atoms with van der Waals surface area (Å²) < 4.78 is 38.1. The molecule has 1 atom stereocenters. The maximum Gasteiger partial charge on any atom is 0.274 e. The predicted molar refractivity (Wildman–Crippen MR) is 64.1 cm³/mol. The van der Waals surface area contributed by atoms with E-state index in [1.54, 1.807) is 18.2 Å². The van der Waals surface area contributed by atoms with Gasteiger partial charge < -0.3 is 14.8 Å². The van der Waals surface area contributed by atoms with Gasteiger partial charge in [0.05, 0.1) is 25.4 Å². The molecule has 0 aliphatic carbocycles. The topological polar surface area (TPSA) is 30.5 Å². The van der Waals surface area contributed by atoms with E-state index in [2.05, 4.69) is 5.32 Å². The maximum atomic E-state index is 13.8. The molecule has 1 aliphatic heterocycles. The van der Waals surface area contributed by atoms with Crippen molar-refractivity contribution in [3.05, 3.63) is 29.3 Å². The minimum absolute atomic E-state index is 0.0822. The van der Waals surface area contributed by atoms with E-state index in [0.717, 1.165) is 13.5 Å². The smallest absolute Gasteiger partial charge is 0.274 e. The molecule has 1 N–H and O–H groups in total. The molecule has 0 spiro atoms. The summed E-state index contributed by atoms with van der Waals surface area (Å²) in [6, 6.07) is 4.93. The first-order valence-electron chi connectivity index (χ1n) is 5.91. The molecular formula is C13H17F2NO2. The van der Waals surface area contributed by atoms with Crippen LogP contribution in [0, 0.1) is 0 Å². The number of rotatable bonds is 3. The van der Waals surface area contributed by atoms with E-state index in [9.17, 15) is 8.78 Å². The molecule has 2 rings (SSSR count). The van der Waals surface area contributed by atoms with Crippen LogP contribution in [-0.2, 0) is 10.7 Å². The molecule has 100 valence electrons. The standard InChI is InChI=1S/C13H17F2NO2/c1-13(14,15)12-9(4-3-5-10(12)17-2)11-8-16-6-7-18-11/h3-5,11,16H,6-8H2,1-2H3. The van der Waals surface area contributed by atoms with Gasteiger partial charge in [-0.05, 0) is 11.6 Å². The molecule has 0 saturated carbocycles. The molecule has 1 saturated heterocycles. The van der Waals surface area contributed by atoms with Crippen molar-refractivity contribution in [2.45, 2.75) is 19.0 Å². The highest BCUT2D eigenvalue weighted by Gasteiger charge is 2.34. The molecule has 1 unspecified atom stereocenters. The first-order chi connectivity index (χ1) is 8.54. The van der Waals surface area contributed by atoms with Crippen molar-refractivity contribution in [3.8, 4) is 5.75 Å². The first-order valence-corrected chi connectivity index (χ1v) is 5.91. The highest BCUT2D eigenvalue weighted by molar-refractivity contribution is 5.44. The van der Waals surface area contributed by atoms with Crippen molar-refractivity contribution in [2.75, 3.05) is 26.8 Å². The molecule has 1 fully saturated rings. The fourth-order valence-corrected chi connectivity index (χ4v) is 2.22. The Morgan fingerprint density at radius 3 is 2.78 bits per heavy atom. The van der Waals surface area contributed by atoms with E-state index in [-0.39, 0.29) is 17.4 Å². The van der Waals surface area contributed by atoms with Crippen LogP contribution in [0.1, 0.15) is 24.2 Å². The third-order valence-corrected chi connectivity index (χ3v) is 2.99. The molecule has 1 aliphatic rings. The SMILES string of the molecule is COc1cccc(C2CNCCO2)c1C(C)(F)F. The number of alkyl halides is 2. The summed E-state index contributed by atoms with van der Waals surface area (Å²) in [5.74, 6) is -2.75. The first kappa shape index (κ1) is 13.2. The van der Waals surface area contributed by atoms with Gasteiger partial charge in [0.25, 0.3) is 5.92 Å². The van der Waals surface area contributed by atoms with Gasteiger partial charge in [-0.1, -0.05) is 12.1 Å². The van der Waals surface area contributed by atoms with Gasteiger partial charge in [-0.25, -0.2) is 8.78 Å². The van der Waals surface area contributed by atoms with Crippen LogP contribution in [-0.4, -0.2) is 26.8 Å². The van der Waals surface area contributed by atoms with E-state index in [1.807, 2.05) is 0 Å². The Morgan fingerprint density at radius 2 is 2.22 bits per heavy atom. The van der Waals surface area contributed by atoms with Gasteiger partial charge in [0.15, 0.2) is 0 Å². The number of benzene rings is 1. The van der Waals surface area contributed by atoms with E-state index < -0.39 is 5.92 Å². The summed E-state index contributed by atoms with van der Waals surface area (Å²) in [5.41, 5.74) is 0.412. The Hall–Kier alpha value is -1.20. The van der Waals surface area contributed by atoms with Crippen LogP contribution in [0.2, 0.25) is 0 Å². The van der Waals surface area contributed by atoms with Crippen molar-refractivity contribution in [3.63, 3.8) is 0 Å². The second-order valence-electron chi connectivity index (χ2n) is 4.38. The van der Waals surface area contributed by atoms with E-state index in [4.69, 9.17) is 9.47 Å². The molecule has 0 aromatic heterocycles. The minimum Gasteiger partial charge on any atom is -0.496 e. The van der Waals surface area contributed by atoms with Gasteiger partial charge in [-0.15, -0.1) is 0 Å². The van der Waals surface area contributed by atoms with Crippen molar-refractivity contribution < 1.29 is 18.3 Å². The zero-order valence-corrected chi connectivity index (χ0v) is 10.5. The molecule has 18 heavy (non-hydrogen) atoms. The van der Waals surface area contributed by atoms with Crippen LogP contribution in [0.4, 0.5) is 8.78 Å². The Kier molecular flexibility index (Phi) is 3.82. The number of ether oxygens (including phenoxy) is 2. The summed E-state index contributed by atoms with van der Waals surface area (Å²) >= 11 is 0. The number of hydrogen-bond donors (Lipinski definition) is 1. The van der Waals surface area contributed by atoms with E-state index in [1.165, 1.54) is 7.11 Å². The highest BCUT2D eigenvalue weighted by Crippen LogP contribution is 2.40. The van der Waals surface area contributed by atoms with Crippen LogP contribution < -0.4 is 10.1 Å². The number of nitrogens with one attached hydrogen (secondary N) is 1. The van der Waals surface area contributed by atoms with E-state index in [0.29, 0.717) is 18.7 Å². The molecule has 1 aromatic rings. The van der Waals surface area contributed by atoms with Crippen LogP contribution in [0.3, 0.4) is 0 Å². The summed E-state index contributed by atoms with van der Waals surface area (Å²) in [5, 5.41) is 3.14. The largest absolute Gasteiger partial charge is 0.496 e. The van der Waals surface area contributed by atoms with Gasteiger partial charge >= 0.3 is 0 Å². The van der Waals surface area contributed by atoms with Gasteiger partial charge in [-0.2, -0.15) is 0 Å². The zero-order valence-electron chi connectivity index (χ0n) is 10.5. The lowest BCUT2D eigenvalue weighted by atomic mass is 9.96. The van der Waals surface area contributed by atoms with Crippen molar-refractivity contribution in [1.82, 2.24) is 5.32 Å². The molecule has 0 amide bonds. The molecular weight excluding hydrogens is 240 g/mol. The van der Waals surface area contributed by atoms with Crippen LogP contribution in [0.15, 0.2) is 18.2 Å². The fourth-order valence-electron chi connectivity index (χ4n) is 2.22. The molecule has 0 radical (unpaired) electrons. The van der Waals surface area contributed by atoms with Crippen molar-refractivity contribution in [2.24, 2.45) is 0 Å². The van der Waals surface area contributed by atoms with Crippen LogP contribution in [0.5, 0.6) is 5.75 Å². The average Bonchev–Trinajstić information content (AvgIpc) is 2.38. The van der Waals surface area contributed by atoms with Crippen LogP contribution in [0.25, 0.3) is 0 Å². The van der Waals surface area contributed by atoms with Gasteiger partial charge in [0.1, 0.15) is 5.75 Å². The Labute approximate surface area is 105 Å². The molecule has 1 aromatic carbocycles. The zero-order chi connectivity index (χ0) is 13.2. The lowest BCUT2D eigenvalue weighted by Gasteiger charge is -2.28. The van der Waals surface area contributed by atoms with Gasteiger partial charge in [-0.3, -0.25) is 0 Å². The Bertz CT molecular complexity index is 412. The Balaban J connectivity index is 2.45. The van der Waals surface area contributed by atoms with Gasteiger partial charge in [0, 0.05) is 20.0 Å². The molecule has 5 heteroatoms. The lowest BCUT2D eigenvalue weighted by Crippen LogP contribution is -2.34. The third-order valence-electron chi connectivity index (χ3n) is 2.99. The van der Waals surface area contributed by atoms with Crippen molar-refractivity contribution in [1.29, 1.82) is 0 Å². The Morgan fingerprint density at radius 1 is 1.44 bits per heavy atom. The van der Waals surface area contributed by atoms with Gasteiger partial charge in [0.2, 0.25) is 0 Å². The van der Waals surface area contributed by atoms with Crippen LogP contribution >= 0.6 is 0 Å². The lowest BCUT2D eigenvalue weighted by molar-refractivity contribution is -0.000598. The van der Waals surface area contributed by atoms with Crippen molar-refractivity contribution >= 4 is 0 Å². The average molecular weight is 257 g/mol. The number of morpholine rings is 1. The summed E-state index contributed by atoms with van der Waals surface area (Å²) in [7, 11) is 1.40. The number of halogens is 2. The highest BCUT2D eigenvalue weighted by atomic mass is 19.3. The normalized spacial score (nSPS) is 20.8. The second kappa shape index (κ2) is 5.20. The number of hydrogen-bond acceptors (Lipinski definition) is 3. The maximum absolute atomic E-state index is 13.8. The fraction of sp³-hybridized carbons (Fsp3) is 0.538. The predicted octanol–water partition coefficient (Wildman–Crippen LogP) is 2.47. The summed E-state index contributed by atoms with van der Waals surface area (Å²) in [6.45, 7) is 2.69. The summed E-state index contributed by atoms with van der Waals surface area (Å²) in [6.07, 6.45) is -0.352. The second-order valence-corrected chi connectivity index (χ2v) is 4.38. The minimum atomic E-state index is -2.96. The third kappa shape index (κ3) is 2.62.